The van der Waals surface area contributed by atoms with Crippen LogP contribution in [-0.2, 0) is 11.2 Å². The Balaban J connectivity index is 1.56. The number of amides is 1. The molecule has 5 heteroatoms. The minimum Gasteiger partial charge on any atom is -0.395 e. The molecule has 2 aliphatic rings. The number of aliphatic hydroxyl groups is 2. The first-order chi connectivity index (χ1) is 12.2. The summed E-state index contributed by atoms with van der Waals surface area (Å²) in [5.41, 5.74) is 1.02. The average molecular weight is 346 g/mol. The first kappa shape index (κ1) is 18.4. The number of piperidine rings is 1. The van der Waals surface area contributed by atoms with E-state index in [2.05, 4.69) is 29.2 Å². The van der Waals surface area contributed by atoms with Crippen LogP contribution in [0, 0.1) is 5.41 Å². The maximum atomic E-state index is 13.1. The molecule has 0 aliphatic carbocycles. The van der Waals surface area contributed by atoms with Crippen LogP contribution in [0.4, 0.5) is 0 Å². The van der Waals surface area contributed by atoms with Crippen molar-refractivity contribution < 1.29 is 15.0 Å². The number of aryl methyl sites for hydroxylation is 1. The highest BCUT2D eigenvalue weighted by Crippen LogP contribution is 2.40. The Morgan fingerprint density at radius 2 is 1.84 bits per heavy atom. The lowest BCUT2D eigenvalue weighted by atomic mass is 9.78. The van der Waals surface area contributed by atoms with E-state index in [1.165, 1.54) is 5.56 Å². The van der Waals surface area contributed by atoms with Gasteiger partial charge in [0.1, 0.15) is 0 Å². The zero-order valence-electron chi connectivity index (χ0n) is 14.9. The van der Waals surface area contributed by atoms with E-state index >= 15 is 0 Å². The Kier molecular flexibility index (Phi) is 6.10. The summed E-state index contributed by atoms with van der Waals surface area (Å²) in [6.45, 7) is 3.03. The van der Waals surface area contributed by atoms with Crippen molar-refractivity contribution in [3.8, 4) is 0 Å². The third kappa shape index (κ3) is 4.05. The molecule has 0 radical (unpaired) electrons. The highest BCUT2D eigenvalue weighted by molar-refractivity contribution is 5.84. The molecule has 2 saturated heterocycles. The Morgan fingerprint density at radius 1 is 1.08 bits per heavy atom. The summed E-state index contributed by atoms with van der Waals surface area (Å²) in [6, 6.07) is 10.2. The van der Waals surface area contributed by atoms with Crippen molar-refractivity contribution in [1.82, 2.24) is 9.80 Å². The predicted octanol–water partition coefficient (Wildman–Crippen LogP) is 1.29. The molecule has 2 N–H and O–H groups in total. The van der Waals surface area contributed by atoms with Gasteiger partial charge in [-0.1, -0.05) is 30.3 Å². The van der Waals surface area contributed by atoms with Gasteiger partial charge in [0.05, 0.1) is 24.7 Å². The number of benzene rings is 1. The summed E-state index contributed by atoms with van der Waals surface area (Å²) in [6.07, 6.45) is 4.82. The lowest BCUT2D eigenvalue weighted by Gasteiger charge is -2.40. The van der Waals surface area contributed by atoms with Crippen molar-refractivity contribution in [1.29, 1.82) is 0 Å². The van der Waals surface area contributed by atoms with Crippen LogP contribution in [0.15, 0.2) is 30.3 Å². The third-order valence-corrected chi connectivity index (χ3v) is 5.88. The standard InChI is InChI=1S/C20H30N2O3/c23-14-18(15-24)22-13-10-20(16-22)9-5-12-21(19(20)25)11-4-8-17-6-2-1-3-7-17/h1-3,6-7,18,23-24H,4-5,8-16H2/t20-/m1/s1. The molecule has 5 nitrogen and oxygen atoms in total. The number of aliphatic hydroxyl groups excluding tert-OH is 2. The second-order valence-corrected chi connectivity index (χ2v) is 7.50. The molecule has 138 valence electrons. The Labute approximate surface area is 150 Å². The van der Waals surface area contributed by atoms with Gasteiger partial charge < -0.3 is 15.1 Å². The molecule has 1 aromatic carbocycles. The molecular weight excluding hydrogens is 316 g/mol. The summed E-state index contributed by atoms with van der Waals surface area (Å²) in [7, 11) is 0. The minimum absolute atomic E-state index is 0.0540. The molecule has 2 heterocycles. The molecule has 1 spiro atoms. The molecule has 0 aromatic heterocycles. The van der Waals surface area contributed by atoms with E-state index in [1.807, 2.05) is 11.0 Å². The predicted molar refractivity (Wildman–Crippen MR) is 97.2 cm³/mol. The van der Waals surface area contributed by atoms with Gasteiger partial charge in [-0.05, 0) is 44.2 Å². The first-order valence-electron chi connectivity index (χ1n) is 9.47. The lowest BCUT2D eigenvalue weighted by Crippen LogP contribution is -2.51. The molecule has 1 atom stereocenters. The van der Waals surface area contributed by atoms with E-state index in [1.54, 1.807) is 0 Å². The van der Waals surface area contributed by atoms with E-state index < -0.39 is 0 Å². The fourth-order valence-corrected chi connectivity index (χ4v) is 4.37. The summed E-state index contributed by atoms with van der Waals surface area (Å²) in [4.78, 5) is 17.2. The zero-order chi connectivity index (χ0) is 17.7. The van der Waals surface area contributed by atoms with Crippen molar-refractivity contribution in [2.75, 3.05) is 39.4 Å². The number of carbonyl (C=O) groups is 1. The lowest BCUT2D eigenvalue weighted by molar-refractivity contribution is -0.145. The van der Waals surface area contributed by atoms with Gasteiger partial charge in [0.25, 0.3) is 0 Å². The van der Waals surface area contributed by atoms with Crippen molar-refractivity contribution >= 4 is 5.91 Å². The molecular formula is C20H30N2O3. The van der Waals surface area contributed by atoms with Gasteiger partial charge in [-0.15, -0.1) is 0 Å². The van der Waals surface area contributed by atoms with Crippen LogP contribution in [0.5, 0.6) is 0 Å². The number of hydrogen-bond acceptors (Lipinski definition) is 4. The minimum atomic E-state index is -0.298. The molecule has 25 heavy (non-hydrogen) atoms. The van der Waals surface area contributed by atoms with Crippen LogP contribution >= 0.6 is 0 Å². The smallest absolute Gasteiger partial charge is 0.230 e. The van der Waals surface area contributed by atoms with Crippen LogP contribution in [0.2, 0.25) is 0 Å². The van der Waals surface area contributed by atoms with Crippen molar-refractivity contribution in [3.05, 3.63) is 35.9 Å². The molecule has 2 aliphatic heterocycles. The van der Waals surface area contributed by atoms with Gasteiger partial charge in [-0.2, -0.15) is 0 Å². The topological polar surface area (TPSA) is 64.0 Å². The molecule has 0 bridgehead atoms. The van der Waals surface area contributed by atoms with E-state index in [0.29, 0.717) is 6.54 Å². The molecule has 2 fully saturated rings. The maximum absolute atomic E-state index is 13.1. The third-order valence-electron chi connectivity index (χ3n) is 5.88. The molecule has 1 aromatic rings. The fraction of sp³-hybridized carbons (Fsp3) is 0.650. The summed E-state index contributed by atoms with van der Waals surface area (Å²) >= 11 is 0. The largest absolute Gasteiger partial charge is 0.395 e. The summed E-state index contributed by atoms with van der Waals surface area (Å²) in [5, 5.41) is 18.8. The van der Waals surface area contributed by atoms with E-state index in [-0.39, 0.29) is 30.6 Å². The van der Waals surface area contributed by atoms with Crippen LogP contribution < -0.4 is 0 Å². The van der Waals surface area contributed by atoms with Gasteiger partial charge in [-0.3, -0.25) is 9.69 Å². The number of likely N-dealkylation sites (tertiary alicyclic amines) is 2. The van der Waals surface area contributed by atoms with E-state index in [0.717, 1.165) is 51.7 Å². The Bertz CT molecular complexity index is 561. The van der Waals surface area contributed by atoms with Gasteiger partial charge >= 0.3 is 0 Å². The SMILES string of the molecule is O=C1N(CCCc2ccccc2)CCC[C@]12CCN(C(CO)CO)C2. The quantitative estimate of drug-likeness (QED) is 0.781. The molecule has 0 unspecified atom stereocenters. The van der Waals surface area contributed by atoms with Crippen LogP contribution in [0.3, 0.4) is 0 Å². The number of carbonyl (C=O) groups excluding carboxylic acids is 1. The number of hydrogen-bond donors (Lipinski definition) is 2. The maximum Gasteiger partial charge on any atom is 0.230 e. The number of nitrogens with zero attached hydrogens (tertiary/aromatic N) is 2. The van der Waals surface area contributed by atoms with Gasteiger partial charge in [-0.25, -0.2) is 0 Å². The summed E-state index contributed by atoms with van der Waals surface area (Å²) < 4.78 is 0. The second kappa shape index (κ2) is 8.30. The van der Waals surface area contributed by atoms with E-state index in [9.17, 15) is 15.0 Å². The summed E-state index contributed by atoms with van der Waals surface area (Å²) in [5.74, 6) is 0.281. The average Bonchev–Trinajstić information content (AvgIpc) is 3.06. The first-order valence-corrected chi connectivity index (χ1v) is 9.47. The Morgan fingerprint density at radius 3 is 2.56 bits per heavy atom. The second-order valence-electron chi connectivity index (χ2n) is 7.50. The highest BCUT2D eigenvalue weighted by atomic mass is 16.3. The molecule has 0 saturated carbocycles. The van der Waals surface area contributed by atoms with Gasteiger partial charge in [0.15, 0.2) is 0 Å². The molecule has 1 amide bonds. The number of rotatable bonds is 7. The van der Waals surface area contributed by atoms with Crippen LogP contribution in [0.25, 0.3) is 0 Å². The molecule has 3 rings (SSSR count). The van der Waals surface area contributed by atoms with Crippen molar-refractivity contribution in [3.63, 3.8) is 0 Å². The zero-order valence-corrected chi connectivity index (χ0v) is 14.9. The van der Waals surface area contributed by atoms with Gasteiger partial charge in [0, 0.05) is 19.6 Å². The normalized spacial score (nSPS) is 24.6. The Hall–Kier alpha value is -1.43. The van der Waals surface area contributed by atoms with Crippen LogP contribution in [-0.4, -0.2) is 71.4 Å². The fourth-order valence-electron chi connectivity index (χ4n) is 4.37. The van der Waals surface area contributed by atoms with Gasteiger partial charge in [0.2, 0.25) is 5.91 Å². The van der Waals surface area contributed by atoms with Crippen molar-refractivity contribution in [2.24, 2.45) is 5.41 Å². The van der Waals surface area contributed by atoms with E-state index in [4.69, 9.17) is 0 Å². The van der Waals surface area contributed by atoms with Crippen molar-refractivity contribution in [2.45, 2.75) is 38.1 Å². The monoisotopic (exact) mass is 346 g/mol. The van der Waals surface area contributed by atoms with Crippen LogP contribution in [0.1, 0.15) is 31.2 Å². The highest BCUT2D eigenvalue weighted by Gasteiger charge is 2.49.